The number of rotatable bonds is 5. The Morgan fingerprint density at radius 3 is 2.69 bits per heavy atom. The van der Waals surface area contributed by atoms with Crippen molar-refractivity contribution in [2.45, 2.75) is 52.6 Å². The molecule has 0 radical (unpaired) electrons. The fraction of sp³-hybridized carbons (Fsp3) is 0.524. The molecule has 0 N–H and O–H groups in total. The Balaban J connectivity index is 1.59. The predicted molar refractivity (Wildman–Crippen MR) is 109 cm³/mol. The van der Waals surface area contributed by atoms with Crippen LogP contribution in [0, 0.1) is 0 Å². The Morgan fingerprint density at radius 1 is 1.24 bits per heavy atom. The van der Waals surface area contributed by atoms with E-state index in [0.29, 0.717) is 25.3 Å². The molecule has 2 aliphatic rings. The van der Waals surface area contributed by atoms with E-state index < -0.39 is 0 Å². The standard InChI is InChI=1S/C21H27N5O3/c1-4-29-21(28)20-16-13-24(11-9-17(16)26(23-20)14(2)3)18-8-7-15(12-22-18)25-10-5-6-19(25)27/h7-8,12,14H,4-6,9-11,13H2,1-3H3. The summed E-state index contributed by atoms with van der Waals surface area (Å²) in [6.45, 7) is 8.36. The summed E-state index contributed by atoms with van der Waals surface area (Å²) in [6.07, 6.45) is 4.05. The van der Waals surface area contributed by atoms with Gasteiger partial charge < -0.3 is 14.5 Å². The minimum Gasteiger partial charge on any atom is -0.461 e. The molecular weight excluding hydrogens is 370 g/mol. The number of carbonyl (C=O) groups is 2. The zero-order chi connectivity index (χ0) is 20.5. The summed E-state index contributed by atoms with van der Waals surface area (Å²) >= 11 is 0. The first-order chi connectivity index (χ1) is 14.0. The van der Waals surface area contributed by atoms with E-state index >= 15 is 0 Å². The summed E-state index contributed by atoms with van der Waals surface area (Å²) in [4.78, 5) is 32.9. The maximum atomic E-state index is 12.4. The topological polar surface area (TPSA) is 80.6 Å². The van der Waals surface area contributed by atoms with Crippen molar-refractivity contribution < 1.29 is 14.3 Å². The van der Waals surface area contributed by atoms with E-state index in [0.717, 1.165) is 48.7 Å². The number of ether oxygens (including phenoxy) is 1. The van der Waals surface area contributed by atoms with Crippen LogP contribution in [0.4, 0.5) is 11.5 Å². The third-order valence-electron chi connectivity index (χ3n) is 5.49. The Labute approximate surface area is 170 Å². The summed E-state index contributed by atoms with van der Waals surface area (Å²) in [5.41, 5.74) is 3.26. The van der Waals surface area contributed by atoms with E-state index in [1.807, 2.05) is 16.8 Å². The molecule has 0 bridgehead atoms. The van der Waals surface area contributed by atoms with Crippen molar-refractivity contribution in [2.75, 3.05) is 29.5 Å². The number of nitrogens with zero attached hydrogens (tertiary/aromatic N) is 5. The first-order valence-corrected chi connectivity index (χ1v) is 10.3. The quantitative estimate of drug-likeness (QED) is 0.722. The van der Waals surface area contributed by atoms with E-state index in [1.165, 1.54) is 0 Å². The van der Waals surface area contributed by atoms with Crippen LogP contribution in [0.25, 0.3) is 0 Å². The van der Waals surface area contributed by atoms with Gasteiger partial charge in [0.1, 0.15) is 5.82 Å². The summed E-state index contributed by atoms with van der Waals surface area (Å²) < 4.78 is 7.16. The summed E-state index contributed by atoms with van der Waals surface area (Å²) in [6, 6.07) is 4.07. The number of hydrogen-bond acceptors (Lipinski definition) is 6. The van der Waals surface area contributed by atoms with Crippen LogP contribution in [0.3, 0.4) is 0 Å². The van der Waals surface area contributed by atoms with Gasteiger partial charge in [-0.1, -0.05) is 0 Å². The second-order valence-corrected chi connectivity index (χ2v) is 7.73. The van der Waals surface area contributed by atoms with Crippen LogP contribution in [-0.4, -0.2) is 46.3 Å². The number of aromatic nitrogens is 3. The van der Waals surface area contributed by atoms with Gasteiger partial charge in [0, 0.05) is 49.8 Å². The molecule has 8 nitrogen and oxygen atoms in total. The lowest BCUT2D eigenvalue weighted by molar-refractivity contribution is -0.117. The molecule has 1 fully saturated rings. The zero-order valence-corrected chi connectivity index (χ0v) is 17.2. The molecule has 0 atom stereocenters. The van der Waals surface area contributed by atoms with Gasteiger partial charge in [-0.15, -0.1) is 0 Å². The van der Waals surface area contributed by atoms with Crippen molar-refractivity contribution in [1.29, 1.82) is 0 Å². The summed E-state index contributed by atoms with van der Waals surface area (Å²) in [5.74, 6) is 0.612. The SMILES string of the molecule is CCOC(=O)c1nn(C(C)C)c2c1CN(c1ccc(N3CCCC3=O)cn1)CC2. The van der Waals surface area contributed by atoms with Crippen molar-refractivity contribution in [1.82, 2.24) is 14.8 Å². The van der Waals surface area contributed by atoms with E-state index in [1.54, 1.807) is 18.0 Å². The molecule has 0 aliphatic carbocycles. The van der Waals surface area contributed by atoms with Gasteiger partial charge in [-0.3, -0.25) is 9.48 Å². The van der Waals surface area contributed by atoms with Gasteiger partial charge >= 0.3 is 5.97 Å². The number of anilines is 2. The van der Waals surface area contributed by atoms with Gasteiger partial charge in [-0.05, 0) is 39.3 Å². The Hall–Kier alpha value is -2.90. The second-order valence-electron chi connectivity index (χ2n) is 7.73. The molecule has 0 aromatic carbocycles. The van der Waals surface area contributed by atoms with Crippen LogP contribution < -0.4 is 9.80 Å². The molecule has 8 heteroatoms. The molecule has 4 heterocycles. The van der Waals surface area contributed by atoms with Crippen molar-refractivity contribution >= 4 is 23.4 Å². The van der Waals surface area contributed by atoms with E-state index in [-0.39, 0.29) is 17.9 Å². The molecule has 2 aromatic rings. The third-order valence-corrected chi connectivity index (χ3v) is 5.49. The molecular formula is C21H27N5O3. The number of amides is 1. The molecule has 4 rings (SSSR count). The highest BCUT2D eigenvalue weighted by Crippen LogP contribution is 2.29. The van der Waals surface area contributed by atoms with Crippen LogP contribution in [-0.2, 0) is 22.5 Å². The lowest BCUT2D eigenvalue weighted by Crippen LogP contribution is -2.32. The number of pyridine rings is 1. The van der Waals surface area contributed by atoms with Gasteiger partial charge in [0.2, 0.25) is 5.91 Å². The van der Waals surface area contributed by atoms with Gasteiger partial charge in [-0.25, -0.2) is 9.78 Å². The van der Waals surface area contributed by atoms with Gasteiger partial charge in [-0.2, -0.15) is 5.10 Å². The van der Waals surface area contributed by atoms with Crippen LogP contribution in [0.1, 0.15) is 61.4 Å². The van der Waals surface area contributed by atoms with Gasteiger partial charge in [0.05, 0.1) is 18.5 Å². The van der Waals surface area contributed by atoms with Crippen molar-refractivity contribution in [3.63, 3.8) is 0 Å². The smallest absolute Gasteiger partial charge is 0.359 e. The Bertz CT molecular complexity index is 919. The second kappa shape index (κ2) is 7.85. The van der Waals surface area contributed by atoms with E-state index in [2.05, 4.69) is 28.8 Å². The van der Waals surface area contributed by atoms with Gasteiger partial charge in [0.25, 0.3) is 0 Å². The van der Waals surface area contributed by atoms with Crippen LogP contribution in [0.15, 0.2) is 18.3 Å². The highest BCUT2D eigenvalue weighted by Gasteiger charge is 2.30. The minimum absolute atomic E-state index is 0.155. The normalized spacial score (nSPS) is 16.5. The predicted octanol–water partition coefficient (Wildman–Crippen LogP) is 2.73. The molecule has 1 amide bonds. The van der Waals surface area contributed by atoms with Gasteiger partial charge in [0.15, 0.2) is 5.69 Å². The molecule has 0 unspecified atom stereocenters. The molecule has 2 aliphatic heterocycles. The number of esters is 1. The third kappa shape index (κ3) is 3.59. The minimum atomic E-state index is -0.374. The largest absolute Gasteiger partial charge is 0.461 e. The number of fused-ring (bicyclic) bond motifs is 1. The number of hydrogen-bond donors (Lipinski definition) is 0. The fourth-order valence-corrected chi connectivity index (χ4v) is 4.08. The van der Waals surface area contributed by atoms with E-state index in [4.69, 9.17) is 4.74 Å². The molecule has 0 saturated carbocycles. The monoisotopic (exact) mass is 397 g/mol. The lowest BCUT2D eigenvalue weighted by atomic mass is 10.0. The zero-order valence-electron chi connectivity index (χ0n) is 17.2. The molecule has 2 aromatic heterocycles. The summed E-state index contributed by atoms with van der Waals surface area (Å²) in [7, 11) is 0. The highest BCUT2D eigenvalue weighted by molar-refractivity contribution is 5.95. The number of carbonyl (C=O) groups excluding carboxylic acids is 2. The molecule has 1 saturated heterocycles. The average Bonchev–Trinajstić information content (AvgIpc) is 3.31. The first kappa shape index (κ1) is 19.4. The van der Waals surface area contributed by atoms with Crippen molar-refractivity contribution in [3.05, 3.63) is 35.3 Å². The van der Waals surface area contributed by atoms with Crippen LogP contribution >= 0.6 is 0 Å². The van der Waals surface area contributed by atoms with Crippen LogP contribution in [0.2, 0.25) is 0 Å². The Kier molecular flexibility index (Phi) is 5.25. The first-order valence-electron chi connectivity index (χ1n) is 10.3. The van der Waals surface area contributed by atoms with Crippen molar-refractivity contribution in [3.8, 4) is 0 Å². The maximum absolute atomic E-state index is 12.4. The molecule has 0 spiro atoms. The van der Waals surface area contributed by atoms with Crippen molar-refractivity contribution in [2.24, 2.45) is 0 Å². The lowest BCUT2D eigenvalue weighted by Gasteiger charge is -2.29. The Morgan fingerprint density at radius 2 is 2.07 bits per heavy atom. The average molecular weight is 397 g/mol. The fourth-order valence-electron chi connectivity index (χ4n) is 4.08. The van der Waals surface area contributed by atoms with E-state index in [9.17, 15) is 9.59 Å². The summed E-state index contributed by atoms with van der Waals surface area (Å²) in [5, 5.41) is 4.56. The highest BCUT2D eigenvalue weighted by atomic mass is 16.5. The molecule has 29 heavy (non-hydrogen) atoms. The molecule has 154 valence electrons. The van der Waals surface area contributed by atoms with Crippen LogP contribution in [0.5, 0.6) is 0 Å². The maximum Gasteiger partial charge on any atom is 0.359 e.